The maximum atomic E-state index is 4.62. The van der Waals surface area contributed by atoms with Gasteiger partial charge in [-0.25, -0.2) is 0 Å². The smallest absolute Gasteiger partial charge is 0.0198 e. The van der Waals surface area contributed by atoms with E-state index in [1.54, 1.807) is 0 Å². The molecule has 2 aliphatic carbocycles. The van der Waals surface area contributed by atoms with E-state index in [1.807, 2.05) is 73.3 Å². The standard InChI is InChI=1S/C21H18N.C21H20N.C20H16N.C19H16N.4Ir/c1-21(11-12-21)19-10-13-22-20(15-19)18-9-5-8-17(14-18)16-6-3-2-4-7-16;1-21(2,3)19-12-13-20(22-15-19)18-11-7-10-17(14-18)16-8-5-4-6-9-16;1-2-5-15(6-3-1)17-7-4-8-19(13-17)20-14-18(11-12-21-20)16-9-10-16;1-14-11-19(20-13-15(14)2)18-10-6-9-17(12-18)16-7-4-3-5-8-16;;;;/h2-8,10,13-15H,11-12H2,1H3;4-10,12-15H,1-3H3;1-7,11-14,16H,9-10H2;3-9,11-13H,1-2H3;;;;/q4*-1;;;;. The van der Waals surface area contributed by atoms with Crippen LogP contribution in [0.5, 0.6) is 0 Å². The summed E-state index contributed by atoms with van der Waals surface area (Å²) in [6.45, 7) is 13.1. The minimum absolute atomic E-state index is 0. The van der Waals surface area contributed by atoms with E-state index in [4.69, 9.17) is 0 Å². The third kappa shape index (κ3) is 18.8. The van der Waals surface area contributed by atoms with E-state index in [0.717, 1.165) is 50.9 Å². The Morgan fingerprint density at radius 1 is 0.371 bits per heavy atom. The summed E-state index contributed by atoms with van der Waals surface area (Å²) in [7, 11) is 0. The molecular formula is C81H70Ir4N4-4. The summed E-state index contributed by atoms with van der Waals surface area (Å²) < 4.78 is 0. The van der Waals surface area contributed by atoms with Gasteiger partial charge in [0.25, 0.3) is 0 Å². The SMILES string of the molecule is CC(C)(C)c1ccc(-c2[c-]ccc(-c3ccccc3)c2)nc1.CC1(c2ccnc(-c3[c-]ccc(-c4ccccc4)c3)c2)CC1.Cc1cnc(-c2[c-]ccc(-c3ccccc3)c2)cc1C.[Ir].[Ir].[Ir].[Ir].[c-]1ccc(-c2ccccc2)cc1-c1cc(C2CC2)ccn1. The van der Waals surface area contributed by atoms with Crippen molar-refractivity contribution in [2.45, 2.75) is 84.0 Å². The second kappa shape index (κ2) is 32.6. The average molecular weight is 1870 g/mol. The number of nitrogens with zero attached hydrogens (tertiary/aromatic N) is 4. The summed E-state index contributed by atoms with van der Waals surface area (Å²) in [6, 6.07) is 94.9. The predicted molar refractivity (Wildman–Crippen MR) is 353 cm³/mol. The van der Waals surface area contributed by atoms with Gasteiger partial charge < -0.3 is 19.9 Å². The Bertz CT molecular complexity index is 4150. The van der Waals surface area contributed by atoms with Crippen LogP contribution in [0.1, 0.15) is 87.1 Å². The second-order valence-corrected chi connectivity index (χ2v) is 23.5. The molecule has 0 bridgehead atoms. The molecule has 4 radical (unpaired) electrons. The molecule has 8 heteroatoms. The van der Waals surface area contributed by atoms with Crippen molar-refractivity contribution in [3.05, 3.63) is 313 Å². The maximum absolute atomic E-state index is 4.62. The van der Waals surface area contributed by atoms with Gasteiger partial charge in [-0.3, -0.25) is 0 Å². The number of aryl methyl sites for hydroxylation is 2. The van der Waals surface area contributed by atoms with Crippen LogP contribution in [0.15, 0.2) is 261 Å². The molecule has 4 nitrogen and oxygen atoms in total. The molecule has 2 aliphatic rings. The molecule has 12 aromatic rings. The normalized spacial score (nSPS) is 12.3. The number of aromatic nitrogens is 4. The van der Waals surface area contributed by atoms with Crippen molar-refractivity contribution in [3.63, 3.8) is 0 Å². The van der Waals surface area contributed by atoms with Gasteiger partial charge in [-0.2, -0.15) is 0 Å². The summed E-state index contributed by atoms with van der Waals surface area (Å²) in [6.07, 6.45) is 12.9. The van der Waals surface area contributed by atoms with Crippen molar-refractivity contribution in [1.29, 1.82) is 0 Å². The Labute approximate surface area is 582 Å². The quantitative estimate of drug-likeness (QED) is 0.128. The average Bonchev–Trinajstić information content (AvgIpc) is 1.89. The Morgan fingerprint density at radius 2 is 0.753 bits per heavy atom. The largest absolute Gasteiger partial charge is 0.305 e. The molecule has 0 spiro atoms. The van der Waals surface area contributed by atoms with E-state index in [2.05, 4.69) is 274 Å². The van der Waals surface area contributed by atoms with Crippen molar-refractivity contribution in [2.24, 2.45) is 0 Å². The molecule has 454 valence electrons. The number of hydrogen-bond donors (Lipinski definition) is 0. The first kappa shape index (κ1) is 69.4. The fraction of sp³-hybridized carbons (Fsp3) is 0.160. The zero-order chi connectivity index (χ0) is 58.6. The van der Waals surface area contributed by atoms with Crippen LogP contribution >= 0.6 is 0 Å². The van der Waals surface area contributed by atoms with Crippen molar-refractivity contribution in [2.75, 3.05) is 0 Å². The van der Waals surface area contributed by atoms with Gasteiger partial charge in [0, 0.05) is 105 Å². The van der Waals surface area contributed by atoms with Gasteiger partial charge in [-0.15, -0.1) is 142 Å². The van der Waals surface area contributed by atoms with Gasteiger partial charge in [-0.1, -0.05) is 190 Å². The second-order valence-electron chi connectivity index (χ2n) is 23.5. The van der Waals surface area contributed by atoms with Crippen LogP contribution in [0.4, 0.5) is 0 Å². The summed E-state index contributed by atoms with van der Waals surface area (Å²) in [4.78, 5) is 18.2. The van der Waals surface area contributed by atoms with Crippen molar-refractivity contribution >= 4 is 0 Å². The molecule has 2 fully saturated rings. The van der Waals surface area contributed by atoms with Crippen LogP contribution in [0, 0.1) is 38.1 Å². The molecule has 8 aromatic carbocycles. The van der Waals surface area contributed by atoms with Crippen LogP contribution in [0.3, 0.4) is 0 Å². The van der Waals surface area contributed by atoms with Gasteiger partial charge in [-0.05, 0) is 130 Å². The molecule has 0 unspecified atom stereocenters. The van der Waals surface area contributed by atoms with Crippen molar-refractivity contribution < 1.29 is 80.4 Å². The molecule has 0 atom stereocenters. The topological polar surface area (TPSA) is 51.6 Å². The van der Waals surface area contributed by atoms with E-state index < -0.39 is 0 Å². The maximum Gasteiger partial charge on any atom is 0.0198 e. The molecule has 0 saturated heterocycles. The van der Waals surface area contributed by atoms with Gasteiger partial charge in [0.1, 0.15) is 0 Å². The molecule has 0 N–H and O–H groups in total. The van der Waals surface area contributed by atoms with Crippen LogP contribution in [0.2, 0.25) is 0 Å². The van der Waals surface area contributed by atoms with Crippen LogP contribution in [0.25, 0.3) is 89.5 Å². The van der Waals surface area contributed by atoms with Gasteiger partial charge in [0.05, 0.1) is 0 Å². The zero-order valence-corrected chi connectivity index (χ0v) is 60.4. The molecule has 0 aliphatic heterocycles. The molecule has 2 saturated carbocycles. The zero-order valence-electron chi connectivity index (χ0n) is 50.9. The molecular weight excluding hydrogens is 1800 g/mol. The Morgan fingerprint density at radius 3 is 1.12 bits per heavy atom. The van der Waals surface area contributed by atoms with E-state index in [-0.39, 0.29) is 85.8 Å². The van der Waals surface area contributed by atoms with Crippen LogP contribution in [-0.2, 0) is 91.3 Å². The fourth-order valence-corrected chi connectivity index (χ4v) is 10.2. The van der Waals surface area contributed by atoms with E-state index in [1.165, 1.54) is 98.0 Å². The molecule has 4 heterocycles. The Hall–Kier alpha value is -7.04. The van der Waals surface area contributed by atoms with Crippen LogP contribution < -0.4 is 0 Å². The third-order valence-electron chi connectivity index (χ3n) is 16.0. The summed E-state index contributed by atoms with van der Waals surface area (Å²) in [5.41, 5.74) is 24.9. The summed E-state index contributed by atoms with van der Waals surface area (Å²) in [5.74, 6) is 0.754. The summed E-state index contributed by atoms with van der Waals surface area (Å²) >= 11 is 0. The van der Waals surface area contributed by atoms with E-state index in [9.17, 15) is 0 Å². The number of hydrogen-bond acceptors (Lipinski definition) is 4. The molecule has 89 heavy (non-hydrogen) atoms. The minimum Gasteiger partial charge on any atom is -0.305 e. The molecule has 4 aromatic heterocycles. The first-order valence-corrected chi connectivity index (χ1v) is 29.5. The van der Waals surface area contributed by atoms with Gasteiger partial charge in [0.15, 0.2) is 0 Å². The number of pyridine rings is 4. The van der Waals surface area contributed by atoms with E-state index in [0.29, 0.717) is 5.41 Å². The minimum atomic E-state index is 0. The van der Waals surface area contributed by atoms with Gasteiger partial charge in [0.2, 0.25) is 0 Å². The number of rotatable bonds is 10. The first-order valence-electron chi connectivity index (χ1n) is 29.5. The Balaban J connectivity index is 0.000000167. The number of benzene rings is 8. The fourth-order valence-electron chi connectivity index (χ4n) is 10.2. The van der Waals surface area contributed by atoms with Gasteiger partial charge >= 0.3 is 0 Å². The van der Waals surface area contributed by atoms with Crippen LogP contribution in [-0.4, -0.2) is 19.9 Å². The summed E-state index contributed by atoms with van der Waals surface area (Å²) in [5, 5.41) is 0. The Kier molecular flexibility index (Phi) is 25.5. The monoisotopic (exact) mass is 1870 g/mol. The predicted octanol–water partition coefficient (Wildman–Crippen LogP) is 20.7. The van der Waals surface area contributed by atoms with Crippen molar-refractivity contribution in [1.82, 2.24) is 19.9 Å². The van der Waals surface area contributed by atoms with Crippen molar-refractivity contribution in [3.8, 4) is 89.5 Å². The molecule has 0 amide bonds. The van der Waals surface area contributed by atoms with E-state index >= 15 is 0 Å². The third-order valence-corrected chi connectivity index (χ3v) is 16.0. The molecule has 14 rings (SSSR count). The first-order chi connectivity index (χ1) is 41.4.